The maximum atomic E-state index is 15.7. The van der Waals surface area contributed by atoms with Gasteiger partial charge in [0.2, 0.25) is 0 Å². The van der Waals surface area contributed by atoms with E-state index in [-0.39, 0.29) is 58.7 Å². The number of furan rings is 1. The van der Waals surface area contributed by atoms with Gasteiger partial charge in [0.25, 0.3) is 0 Å². The van der Waals surface area contributed by atoms with Gasteiger partial charge in [-0.1, -0.05) is 22.0 Å². The molecule has 0 saturated heterocycles. The predicted molar refractivity (Wildman–Crippen MR) is 149 cm³/mol. The minimum atomic E-state index is -4.75. The minimum Gasteiger partial charge on any atom is -0.598 e. The van der Waals surface area contributed by atoms with E-state index in [1.54, 1.807) is 39.0 Å². The fraction of sp³-hybridized carbons (Fsp3) is 0.286. The Morgan fingerprint density at radius 2 is 1.90 bits per heavy atom. The zero-order valence-electron chi connectivity index (χ0n) is 22.1. The number of nitrogens with one attached hydrogen (secondary N) is 1. The molecule has 2 N–H and O–H groups in total. The number of aromatic nitrogens is 1. The Hall–Kier alpha value is -3.13. The molecule has 1 atom stereocenters. The first kappa shape index (κ1) is 30.8. The highest BCUT2D eigenvalue weighted by molar-refractivity contribution is 9.10. The van der Waals surface area contributed by atoms with Crippen LogP contribution in [0.2, 0.25) is 0 Å². The van der Waals surface area contributed by atoms with Crippen molar-refractivity contribution in [2.24, 2.45) is 0 Å². The van der Waals surface area contributed by atoms with Gasteiger partial charge in [-0.3, -0.25) is 9.78 Å². The van der Waals surface area contributed by atoms with E-state index < -0.39 is 39.6 Å². The molecule has 1 unspecified atom stereocenters. The lowest BCUT2D eigenvalue weighted by atomic mass is 9.98. The molecular formula is C28H25BrF4N2O5S. The van der Waals surface area contributed by atoms with Gasteiger partial charge >= 0.3 is 12.1 Å². The Morgan fingerprint density at radius 1 is 1.17 bits per heavy atom. The molecule has 2 aromatic carbocycles. The monoisotopic (exact) mass is 656 g/mol. The van der Waals surface area contributed by atoms with Crippen molar-refractivity contribution in [2.45, 2.75) is 51.3 Å². The molecule has 2 heterocycles. The van der Waals surface area contributed by atoms with Crippen LogP contribution < -0.4 is 9.46 Å². The lowest BCUT2D eigenvalue weighted by Gasteiger charge is -2.23. The highest BCUT2D eigenvalue weighted by Crippen LogP contribution is 2.41. The summed E-state index contributed by atoms with van der Waals surface area (Å²) in [5.74, 6) is -1.67. The van der Waals surface area contributed by atoms with Crippen molar-refractivity contribution in [3.05, 3.63) is 81.5 Å². The average Bonchev–Trinajstić information content (AvgIpc) is 3.31. The Kier molecular flexibility index (Phi) is 9.02. The lowest BCUT2D eigenvalue weighted by Crippen LogP contribution is -2.39. The number of rotatable bonds is 9. The first-order valence-electron chi connectivity index (χ1n) is 12.2. The Balaban J connectivity index is 1.77. The summed E-state index contributed by atoms with van der Waals surface area (Å²) in [6.07, 6.45) is -3.19. The molecule has 0 spiro atoms. The normalized spacial score (nSPS) is 13.0. The SMILES string of the molecule is CC(C)(C)[S+]([O-])NCc1nccc(-c2cc(COc3cc(Br)ccc3CC(=O)O)cc3c(C(F)(F)F)coc23)c1F. The van der Waals surface area contributed by atoms with Crippen LogP contribution in [0.5, 0.6) is 5.75 Å². The van der Waals surface area contributed by atoms with Gasteiger partial charge in [0, 0.05) is 44.1 Å². The van der Waals surface area contributed by atoms with Crippen LogP contribution >= 0.6 is 15.9 Å². The number of hydrogen-bond acceptors (Lipinski definition) is 6. The minimum absolute atomic E-state index is 0.0368. The summed E-state index contributed by atoms with van der Waals surface area (Å²) in [6, 6.07) is 8.77. The maximum Gasteiger partial charge on any atom is 0.420 e. The second kappa shape index (κ2) is 12.0. The quantitative estimate of drug-likeness (QED) is 0.145. The third-order valence-corrected chi connectivity index (χ3v) is 7.99. The molecule has 4 rings (SSSR count). The van der Waals surface area contributed by atoms with Crippen LogP contribution in [0, 0.1) is 5.82 Å². The number of carboxylic acids is 1. The number of nitrogens with zero attached hydrogens (tertiary/aromatic N) is 1. The summed E-state index contributed by atoms with van der Waals surface area (Å²) in [5, 5.41) is 8.93. The first-order valence-corrected chi connectivity index (χ1v) is 14.1. The van der Waals surface area contributed by atoms with E-state index >= 15 is 4.39 Å². The number of fused-ring (bicyclic) bond motifs is 1. The number of pyridine rings is 1. The summed E-state index contributed by atoms with van der Waals surface area (Å²) < 4.78 is 83.5. The van der Waals surface area contributed by atoms with Crippen molar-refractivity contribution < 1.29 is 41.2 Å². The fourth-order valence-electron chi connectivity index (χ4n) is 4.00. The van der Waals surface area contributed by atoms with Gasteiger partial charge in [-0.25, -0.2) is 4.39 Å². The van der Waals surface area contributed by atoms with Crippen molar-refractivity contribution in [1.29, 1.82) is 0 Å². The van der Waals surface area contributed by atoms with Crippen LogP contribution in [0.1, 0.15) is 43.2 Å². The number of hydrogen-bond donors (Lipinski definition) is 2. The summed E-state index contributed by atoms with van der Waals surface area (Å²) >= 11 is 1.78. The molecule has 0 aliphatic rings. The van der Waals surface area contributed by atoms with Gasteiger partial charge in [-0.15, -0.1) is 4.72 Å². The van der Waals surface area contributed by atoms with Gasteiger partial charge in [-0.2, -0.15) is 13.2 Å². The number of alkyl halides is 3. The highest BCUT2D eigenvalue weighted by Gasteiger charge is 2.36. The fourth-order valence-corrected chi connectivity index (χ4v) is 5.04. The molecule has 0 aliphatic carbocycles. The zero-order valence-corrected chi connectivity index (χ0v) is 24.5. The number of benzene rings is 2. The predicted octanol–water partition coefficient (Wildman–Crippen LogP) is 7.17. The topological polar surface area (TPSA) is 108 Å². The summed E-state index contributed by atoms with van der Waals surface area (Å²) in [7, 11) is 0. The van der Waals surface area contributed by atoms with Crippen LogP contribution in [0.25, 0.3) is 22.1 Å². The molecule has 41 heavy (non-hydrogen) atoms. The Morgan fingerprint density at radius 3 is 2.56 bits per heavy atom. The summed E-state index contributed by atoms with van der Waals surface area (Å²) in [6.45, 7) is 4.80. The van der Waals surface area contributed by atoms with Gasteiger partial charge in [0.05, 0.1) is 18.7 Å². The second-order valence-corrected chi connectivity index (χ2v) is 13.1. The van der Waals surface area contributed by atoms with E-state index in [9.17, 15) is 27.6 Å². The van der Waals surface area contributed by atoms with E-state index in [4.69, 9.17) is 9.15 Å². The van der Waals surface area contributed by atoms with Gasteiger partial charge < -0.3 is 18.8 Å². The smallest absolute Gasteiger partial charge is 0.420 e. The Labute approximate surface area is 244 Å². The zero-order chi connectivity index (χ0) is 30.1. The number of carbonyl (C=O) groups is 1. The Bertz CT molecular complexity index is 1590. The van der Waals surface area contributed by atoms with Crippen LogP contribution in [-0.2, 0) is 41.9 Å². The molecule has 2 aromatic heterocycles. The average molecular weight is 657 g/mol. The van der Waals surface area contributed by atoms with Crippen molar-refractivity contribution in [2.75, 3.05) is 0 Å². The molecule has 0 amide bonds. The number of carboxylic acid groups (broad SMARTS) is 1. The standard InChI is InChI=1S/C28H25BrF4N2O5S/c1-27(2,3)41(38)35-12-22-25(30)18(6-7-34-22)19-8-15(9-20-21(28(31,32)33)14-40-26(19)20)13-39-23-11-17(29)5-4-16(23)10-24(36)37/h4-9,11,14,35H,10,12-13H2,1-3H3,(H,36,37). The van der Waals surface area contributed by atoms with Crippen LogP contribution in [-0.4, -0.2) is 25.4 Å². The molecular weight excluding hydrogens is 632 g/mol. The van der Waals surface area contributed by atoms with E-state index in [0.717, 1.165) is 0 Å². The van der Waals surface area contributed by atoms with Gasteiger partial charge in [-0.05, 0) is 56.7 Å². The van der Waals surface area contributed by atoms with Crippen molar-refractivity contribution in [3.8, 4) is 16.9 Å². The summed E-state index contributed by atoms with van der Waals surface area (Å²) in [4.78, 5) is 15.3. The molecule has 7 nitrogen and oxygen atoms in total. The lowest BCUT2D eigenvalue weighted by molar-refractivity contribution is -0.137. The van der Waals surface area contributed by atoms with Crippen molar-refractivity contribution in [3.63, 3.8) is 0 Å². The third-order valence-electron chi connectivity index (χ3n) is 5.98. The molecule has 0 radical (unpaired) electrons. The molecule has 0 saturated carbocycles. The molecule has 13 heteroatoms. The molecule has 0 bridgehead atoms. The van der Waals surface area contributed by atoms with Crippen LogP contribution in [0.3, 0.4) is 0 Å². The maximum absolute atomic E-state index is 15.7. The largest absolute Gasteiger partial charge is 0.598 e. The summed E-state index contributed by atoms with van der Waals surface area (Å²) in [5.41, 5.74) is -0.711. The van der Waals surface area contributed by atoms with Gasteiger partial charge in [0.1, 0.15) is 34.5 Å². The second-order valence-electron chi connectivity index (χ2n) is 10.1. The van der Waals surface area contributed by atoms with E-state index in [1.807, 2.05) is 0 Å². The molecule has 4 aromatic rings. The van der Waals surface area contributed by atoms with Crippen molar-refractivity contribution >= 4 is 44.2 Å². The number of halogens is 5. The van der Waals surface area contributed by atoms with E-state index in [2.05, 4.69) is 25.6 Å². The van der Waals surface area contributed by atoms with Gasteiger partial charge in [0.15, 0.2) is 5.82 Å². The van der Waals surface area contributed by atoms with Crippen LogP contribution in [0.4, 0.5) is 17.6 Å². The van der Waals surface area contributed by atoms with Crippen LogP contribution in [0.15, 0.2) is 57.7 Å². The van der Waals surface area contributed by atoms with E-state index in [1.165, 1.54) is 24.4 Å². The molecule has 0 aliphatic heterocycles. The number of aliphatic carboxylic acids is 1. The van der Waals surface area contributed by atoms with Crippen molar-refractivity contribution in [1.82, 2.24) is 9.71 Å². The molecule has 218 valence electrons. The highest BCUT2D eigenvalue weighted by atomic mass is 79.9. The third kappa shape index (κ3) is 7.21. The molecule has 0 fully saturated rings. The first-order chi connectivity index (χ1) is 19.1. The number of ether oxygens (including phenoxy) is 1. The van der Waals surface area contributed by atoms with E-state index in [0.29, 0.717) is 16.3 Å².